The van der Waals surface area contributed by atoms with Gasteiger partial charge in [-0.25, -0.2) is 0 Å². The van der Waals surface area contributed by atoms with E-state index in [4.69, 9.17) is 27.9 Å². The Morgan fingerprint density at radius 2 is 2.23 bits per heavy atom. The Morgan fingerprint density at radius 1 is 1.41 bits per heavy atom. The van der Waals surface area contributed by atoms with E-state index in [0.29, 0.717) is 42.8 Å². The summed E-state index contributed by atoms with van der Waals surface area (Å²) in [6.45, 7) is 1.70. The Kier molecular flexibility index (Phi) is 6.49. The molecule has 1 aliphatic heterocycles. The van der Waals surface area contributed by atoms with E-state index in [1.54, 1.807) is 12.1 Å². The Morgan fingerprint density at radius 3 is 2.95 bits per heavy atom. The van der Waals surface area contributed by atoms with Crippen LogP contribution >= 0.6 is 23.2 Å². The van der Waals surface area contributed by atoms with Crippen molar-refractivity contribution in [2.45, 2.75) is 19.4 Å². The zero-order valence-electron chi connectivity index (χ0n) is 12.0. The maximum absolute atomic E-state index is 11.9. The van der Waals surface area contributed by atoms with Crippen molar-refractivity contribution in [3.63, 3.8) is 0 Å². The summed E-state index contributed by atoms with van der Waals surface area (Å²) < 4.78 is 5.48. The first kappa shape index (κ1) is 17.1. The molecular weight excluding hydrogens is 327 g/mol. The average Bonchev–Trinajstić information content (AvgIpc) is 2.48. The molecule has 1 saturated heterocycles. The van der Waals surface area contributed by atoms with Gasteiger partial charge in [-0.05, 0) is 24.1 Å². The molecule has 0 saturated carbocycles. The van der Waals surface area contributed by atoms with Gasteiger partial charge in [-0.1, -0.05) is 29.3 Å². The Bertz CT molecular complexity index is 552. The standard InChI is InChI=1S/C15H18Cl2N2O3/c16-12-2-1-11(13(17)8-12)9-22-6-5-19-15(21)10-3-4-18-14(20)7-10/h1-2,8,10H,3-7,9H2,(H,18,20)(H,19,21)/t10-/m1/s1. The third-order valence-electron chi connectivity index (χ3n) is 3.44. The Labute approximate surface area is 139 Å². The molecule has 0 aromatic heterocycles. The summed E-state index contributed by atoms with van der Waals surface area (Å²) in [6, 6.07) is 5.23. The zero-order chi connectivity index (χ0) is 15.9. The van der Waals surface area contributed by atoms with Crippen molar-refractivity contribution in [3.8, 4) is 0 Å². The molecule has 1 aromatic carbocycles. The van der Waals surface area contributed by atoms with Gasteiger partial charge in [0.15, 0.2) is 0 Å². The fraction of sp³-hybridized carbons (Fsp3) is 0.467. The van der Waals surface area contributed by atoms with E-state index in [-0.39, 0.29) is 24.2 Å². The number of piperidine rings is 1. The van der Waals surface area contributed by atoms with Gasteiger partial charge in [-0.15, -0.1) is 0 Å². The van der Waals surface area contributed by atoms with E-state index >= 15 is 0 Å². The van der Waals surface area contributed by atoms with Crippen LogP contribution < -0.4 is 10.6 Å². The van der Waals surface area contributed by atoms with Crippen LogP contribution in [0.3, 0.4) is 0 Å². The number of rotatable bonds is 6. The lowest BCUT2D eigenvalue weighted by atomic mass is 9.97. The van der Waals surface area contributed by atoms with Gasteiger partial charge in [0.2, 0.25) is 11.8 Å². The number of halogens is 2. The monoisotopic (exact) mass is 344 g/mol. The molecule has 5 nitrogen and oxygen atoms in total. The number of benzene rings is 1. The van der Waals surface area contributed by atoms with Crippen LogP contribution in [0.5, 0.6) is 0 Å². The first-order chi connectivity index (χ1) is 10.6. The van der Waals surface area contributed by atoms with Crippen LogP contribution in [-0.4, -0.2) is 31.5 Å². The van der Waals surface area contributed by atoms with Crippen LogP contribution in [-0.2, 0) is 20.9 Å². The van der Waals surface area contributed by atoms with Gasteiger partial charge in [0.05, 0.1) is 13.2 Å². The van der Waals surface area contributed by atoms with Crippen LogP contribution in [0.1, 0.15) is 18.4 Å². The molecule has 22 heavy (non-hydrogen) atoms. The van der Waals surface area contributed by atoms with Gasteiger partial charge in [-0.3, -0.25) is 9.59 Å². The van der Waals surface area contributed by atoms with E-state index in [9.17, 15) is 9.59 Å². The van der Waals surface area contributed by atoms with E-state index in [2.05, 4.69) is 10.6 Å². The summed E-state index contributed by atoms with van der Waals surface area (Å²) in [5.74, 6) is -0.400. The van der Waals surface area contributed by atoms with Crippen molar-refractivity contribution in [1.82, 2.24) is 10.6 Å². The second kappa shape index (κ2) is 8.36. The normalized spacial score (nSPS) is 17.9. The second-order valence-electron chi connectivity index (χ2n) is 5.12. The molecule has 2 amide bonds. The molecule has 120 valence electrons. The van der Waals surface area contributed by atoms with E-state index in [1.165, 1.54) is 0 Å². The highest BCUT2D eigenvalue weighted by molar-refractivity contribution is 6.35. The molecule has 0 spiro atoms. The molecular formula is C15H18Cl2N2O3. The summed E-state index contributed by atoms with van der Waals surface area (Å²) in [4.78, 5) is 23.1. The molecule has 1 heterocycles. The maximum Gasteiger partial charge on any atom is 0.223 e. The third-order valence-corrected chi connectivity index (χ3v) is 4.02. The molecule has 1 aliphatic rings. The van der Waals surface area contributed by atoms with Gasteiger partial charge in [0.1, 0.15) is 0 Å². The van der Waals surface area contributed by atoms with Crippen LogP contribution in [0.25, 0.3) is 0 Å². The van der Waals surface area contributed by atoms with Crippen molar-refractivity contribution >= 4 is 35.0 Å². The quantitative estimate of drug-likeness (QED) is 0.777. The van der Waals surface area contributed by atoms with Crippen molar-refractivity contribution in [3.05, 3.63) is 33.8 Å². The minimum atomic E-state index is -0.237. The Hall–Kier alpha value is -1.30. The van der Waals surface area contributed by atoms with E-state index in [1.807, 2.05) is 6.07 Å². The molecule has 7 heteroatoms. The molecule has 0 unspecified atom stereocenters. The second-order valence-corrected chi connectivity index (χ2v) is 5.96. The number of ether oxygens (including phenoxy) is 1. The summed E-state index contributed by atoms with van der Waals surface area (Å²) in [6.07, 6.45) is 0.936. The summed E-state index contributed by atoms with van der Waals surface area (Å²) >= 11 is 11.9. The molecule has 2 N–H and O–H groups in total. The highest BCUT2D eigenvalue weighted by Gasteiger charge is 2.24. The molecule has 1 aromatic rings. The Balaban J connectivity index is 1.64. The smallest absolute Gasteiger partial charge is 0.223 e. The van der Waals surface area contributed by atoms with Crippen LogP contribution in [0, 0.1) is 5.92 Å². The van der Waals surface area contributed by atoms with Crippen molar-refractivity contribution in [2.75, 3.05) is 19.7 Å². The number of nitrogens with one attached hydrogen (secondary N) is 2. The lowest BCUT2D eigenvalue weighted by Crippen LogP contribution is -2.41. The fourth-order valence-electron chi connectivity index (χ4n) is 2.22. The predicted molar refractivity (Wildman–Crippen MR) is 84.9 cm³/mol. The minimum Gasteiger partial charge on any atom is -0.375 e. The average molecular weight is 345 g/mol. The van der Waals surface area contributed by atoms with E-state index in [0.717, 1.165) is 5.56 Å². The first-order valence-corrected chi connectivity index (χ1v) is 7.88. The maximum atomic E-state index is 11.9. The fourth-order valence-corrected chi connectivity index (χ4v) is 2.68. The summed E-state index contributed by atoms with van der Waals surface area (Å²) in [7, 11) is 0. The highest BCUT2D eigenvalue weighted by Crippen LogP contribution is 2.21. The van der Waals surface area contributed by atoms with Gasteiger partial charge in [0.25, 0.3) is 0 Å². The topological polar surface area (TPSA) is 67.4 Å². The number of hydrogen-bond donors (Lipinski definition) is 2. The zero-order valence-corrected chi connectivity index (χ0v) is 13.5. The van der Waals surface area contributed by atoms with Crippen LogP contribution in [0.2, 0.25) is 10.0 Å². The molecule has 0 bridgehead atoms. The molecule has 0 radical (unpaired) electrons. The molecule has 1 atom stereocenters. The van der Waals surface area contributed by atoms with Crippen molar-refractivity contribution in [2.24, 2.45) is 5.92 Å². The lowest BCUT2D eigenvalue weighted by Gasteiger charge is -2.21. The van der Waals surface area contributed by atoms with Gasteiger partial charge < -0.3 is 15.4 Å². The summed E-state index contributed by atoms with van der Waals surface area (Å²) in [5.41, 5.74) is 0.848. The van der Waals surface area contributed by atoms with Crippen LogP contribution in [0.4, 0.5) is 0 Å². The highest BCUT2D eigenvalue weighted by atomic mass is 35.5. The van der Waals surface area contributed by atoms with Gasteiger partial charge >= 0.3 is 0 Å². The van der Waals surface area contributed by atoms with Gasteiger partial charge in [0, 0.05) is 35.5 Å². The van der Waals surface area contributed by atoms with Crippen LogP contribution in [0.15, 0.2) is 18.2 Å². The first-order valence-electron chi connectivity index (χ1n) is 7.12. The molecule has 1 fully saturated rings. The molecule has 2 rings (SSSR count). The number of hydrogen-bond acceptors (Lipinski definition) is 3. The minimum absolute atomic E-state index is 0.0694. The number of carbonyl (C=O) groups excluding carboxylic acids is 2. The van der Waals surface area contributed by atoms with Gasteiger partial charge in [-0.2, -0.15) is 0 Å². The van der Waals surface area contributed by atoms with Crippen molar-refractivity contribution < 1.29 is 14.3 Å². The lowest BCUT2D eigenvalue weighted by molar-refractivity contribution is -0.132. The van der Waals surface area contributed by atoms with E-state index < -0.39 is 0 Å². The predicted octanol–water partition coefficient (Wildman–Crippen LogP) is 2.15. The molecule has 0 aliphatic carbocycles. The summed E-state index contributed by atoms with van der Waals surface area (Å²) in [5, 5.41) is 6.63. The van der Waals surface area contributed by atoms with Crippen molar-refractivity contribution in [1.29, 1.82) is 0 Å². The largest absolute Gasteiger partial charge is 0.375 e. The third kappa shape index (κ3) is 5.16. The number of amides is 2. The SMILES string of the molecule is O=C1C[C@H](C(=O)NCCOCc2ccc(Cl)cc2Cl)CCN1. The number of carbonyl (C=O) groups is 2.